The molecule has 6 heteroatoms. The van der Waals surface area contributed by atoms with Crippen LogP contribution in [-0.4, -0.2) is 37.0 Å². The number of hydrogen-bond acceptors (Lipinski definition) is 4. The van der Waals surface area contributed by atoms with Crippen molar-refractivity contribution in [1.29, 1.82) is 0 Å². The summed E-state index contributed by atoms with van der Waals surface area (Å²) in [5.41, 5.74) is 7.64. The van der Waals surface area contributed by atoms with E-state index in [2.05, 4.69) is 0 Å². The van der Waals surface area contributed by atoms with Gasteiger partial charge in [-0.15, -0.1) is 0 Å². The highest BCUT2D eigenvalue weighted by Gasteiger charge is 2.34. The Morgan fingerprint density at radius 2 is 2.06 bits per heavy atom. The fraction of sp³-hybridized carbons (Fsp3) is 0.500. The van der Waals surface area contributed by atoms with Crippen LogP contribution in [0.15, 0.2) is 17.0 Å². The fourth-order valence-electron chi connectivity index (χ4n) is 2.21. The normalized spacial score (nSPS) is 21.4. The van der Waals surface area contributed by atoms with Crippen molar-refractivity contribution in [2.75, 3.05) is 18.8 Å². The molecule has 1 aliphatic heterocycles. The summed E-state index contributed by atoms with van der Waals surface area (Å²) in [6, 6.07) is 3.42. The molecule has 0 amide bonds. The Morgan fingerprint density at radius 3 is 2.61 bits per heavy atom. The number of nitrogen functional groups attached to an aromatic ring is 1. The van der Waals surface area contributed by atoms with Crippen LogP contribution in [0.5, 0.6) is 0 Å². The van der Waals surface area contributed by atoms with E-state index in [1.807, 2.05) is 13.0 Å². The molecule has 0 spiro atoms. The van der Waals surface area contributed by atoms with Crippen LogP contribution >= 0.6 is 0 Å². The maximum absolute atomic E-state index is 12.5. The van der Waals surface area contributed by atoms with E-state index in [-0.39, 0.29) is 17.1 Å². The van der Waals surface area contributed by atoms with Gasteiger partial charge in [0.1, 0.15) is 4.90 Å². The third-order valence-electron chi connectivity index (χ3n) is 3.43. The molecule has 1 fully saturated rings. The maximum atomic E-state index is 12.5. The summed E-state index contributed by atoms with van der Waals surface area (Å²) in [7, 11) is -3.61. The first-order valence-corrected chi connectivity index (χ1v) is 7.32. The van der Waals surface area contributed by atoms with Gasteiger partial charge in [0, 0.05) is 13.1 Å². The molecule has 0 aromatic heterocycles. The smallest absolute Gasteiger partial charge is 0.245 e. The molecule has 100 valence electrons. The Labute approximate surface area is 107 Å². The lowest BCUT2D eigenvalue weighted by molar-refractivity contribution is 0.189. The van der Waals surface area contributed by atoms with Crippen LogP contribution in [0, 0.1) is 13.8 Å². The largest absolute Gasteiger partial charge is 0.398 e. The Balaban J connectivity index is 2.51. The van der Waals surface area contributed by atoms with E-state index >= 15 is 0 Å². The molecule has 1 aromatic rings. The fourth-order valence-corrected chi connectivity index (χ4v) is 4.10. The second-order valence-electron chi connectivity index (χ2n) is 4.73. The van der Waals surface area contributed by atoms with E-state index in [1.165, 1.54) is 4.31 Å². The summed E-state index contributed by atoms with van der Waals surface area (Å²) in [6.07, 6.45) is -0.101. The first-order chi connectivity index (χ1) is 8.34. The van der Waals surface area contributed by atoms with Gasteiger partial charge in [-0.2, -0.15) is 4.31 Å². The molecule has 3 N–H and O–H groups in total. The summed E-state index contributed by atoms with van der Waals surface area (Å²) in [5.74, 6) is 0. The van der Waals surface area contributed by atoms with Crippen LogP contribution in [0.25, 0.3) is 0 Å². The molecule has 0 bridgehead atoms. The lowest BCUT2D eigenvalue weighted by Gasteiger charge is -2.19. The Hall–Kier alpha value is -1.11. The second kappa shape index (κ2) is 4.53. The summed E-state index contributed by atoms with van der Waals surface area (Å²) >= 11 is 0. The number of rotatable bonds is 2. The molecular weight excluding hydrogens is 252 g/mol. The molecular formula is C12H18N2O3S. The number of β-amino-alcohol motifs (C(OH)–C–C–N with tert-alkyl or cyclic N) is 1. The number of hydrogen-bond donors (Lipinski definition) is 2. The van der Waals surface area contributed by atoms with Gasteiger partial charge in [-0.05, 0) is 37.5 Å². The van der Waals surface area contributed by atoms with Gasteiger partial charge in [-0.3, -0.25) is 0 Å². The first kappa shape index (κ1) is 13.3. The molecule has 0 aliphatic carbocycles. The van der Waals surface area contributed by atoms with Crippen molar-refractivity contribution in [1.82, 2.24) is 4.31 Å². The molecule has 1 heterocycles. The summed E-state index contributed by atoms with van der Waals surface area (Å²) in [4.78, 5) is 0.177. The van der Waals surface area contributed by atoms with E-state index in [9.17, 15) is 13.5 Å². The van der Waals surface area contributed by atoms with E-state index in [4.69, 9.17) is 5.73 Å². The number of anilines is 1. The average Bonchev–Trinajstić information content (AvgIpc) is 2.71. The maximum Gasteiger partial charge on any atom is 0.245 e. The van der Waals surface area contributed by atoms with E-state index in [1.54, 1.807) is 13.0 Å². The number of nitrogens with two attached hydrogens (primary N) is 1. The topological polar surface area (TPSA) is 83.6 Å². The van der Waals surface area contributed by atoms with Crippen molar-refractivity contribution in [2.24, 2.45) is 0 Å². The molecule has 2 rings (SSSR count). The lowest BCUT2D eigenvalue weighted by atomic mass is 10.1. The van der Waals surface area contributed by atoms with Crippen LogP contribution in [0.2, 0.25) is 0 Å². The van der Waals surface area contributed by atoms with E-state index in [0.717, 1.165) is 5.56 Å². The van der Waals surface area contributed by atoms with Crippen LogP contribution < -0.4 is 5.73 Å². The van der Waals surface area contributed by atoms with Crippen molar-refractivity contribution in [3.8, 4) is 0 Å². The molecule has 18 heavy (non-hydrogen) atoms. The molecule has 1 atom stereocenters. The number of sulfonamides is 1. The van der Waals surface area contributed by atoms with Crippen molar-refractivity contribution >= 4 is 15.7 Å². The third-order valence-corrected chi connectivity index (χ3v) is 5.50. The quantitative estimate of drug-likeness (QED) is 0.773. The lowest BCUT2D eigenvalue weighted by Crippen LogP contribution is -2.31. The Bertz CT molecular complexity index is 569. The zero-order valence-electron chi connectivity index (χ0n) is 10.5. The van der Waals surface area contributed by atoms with Crippen LogP contribution in [-0.2, 0) is 10.0 Å². The highest BCUT2D eigenvalue weighted by atomic mass is 32.2. The number of benzene rings is 1. The second-order valence-corrected chi connectivity index (χ2v) is 6.61. The number of aliphatic hydroxyl groups excluding tert-OH is 1. The Morgan fingerprint density at radius 1 is 1.39 bits per heavy atom. The minimum absolute atomic E-state index is 0.148. The van der Waals surface area contributed by atoms with E-state index < -0.39 is 16.1 Å². The summed E-state index contributed by atoms with van der Waals surface area (Å²) in [5, 5.41) is 9.47. The highest BCUT2D eigenvalue weighted by Crippen LogP contribution is 2.30. The Kier molecular flexibility index (Phi) is 3.35. The van der Waals surface area contributed by atoms with Gasteiger partial charge in [0.25, 0.3) is 0 Å². The molecule has 1 saturated heterocycles. The minimum Gasteiger partial charge on any atom is -0.398 e. The van der Waals surface area contributed by atoms with Crippen molar-refractivity contribution in [2.45, 2.75) is 31.3 Å². The minimum atomic E-state index is -3.61. The highest BCUT2D eigenvalue weighted by molar-refractivity contribution is 7.89. The molecule has 1 aliphatic rings. The van der Waals surface area contributed by atoms with Gasteiger partial charge < -0.3 is 10.8 Å². The average molecular weight is 270 g/mol. The number of nitrogens with zero attached hydrogens (tertiary/aromatic N) is 1. The van der Waals surface area contributed by atoms with Crippen molar-refractivity contribution in [3.63, 3.8) is 0 Å². The molecule has 0 unspecified atom stereocenters. The van der Waals surface area contributed by atoms with Crippen molar-refractivity contribution < 1.29 is 13.5 Å². The standard InChI is InChI=1S/C12H18N2O3S/c1-8-3-4-11(13)12(9(8)2)18(16,17)14-6-5-10(15)7-14/h3-4,10,15H,5-7,13H2,1-2H3/t10-/m1/s1. The zero-order chi connectivity index (χ0) is 13.5. The molecule has 0 saturated carbocycles. The van der Waals surface area contributed by atoms with Crippen LogP contribution in [0.3, 0.4) is 0 Å². The SMILES string of the molecule is Cc1ccc(N)c(S(=O)(=O)N2CC[C@@H](O)C2)c1C. The van der Waals surface area contributed by atoms with Gasteiger partial charge in [0.15, 0.2) is 0 Å². The molecule has 1 aromatic carbocycles. The predicted octanol–water partition coefficient (Wildman–Crippen LogP) is 0.641. The van der Waals surface area contributed by atoms with Gasteiger partial charge in [0.05, 0.1) is 11.8 Å². The van der Waals surface area contributed by atoms with Gasteiger partial charge in [-0.1, -0.05) is 6.07 Å². The third kappa shape index (κ3) is 2.11. The van der Waals surface area contributed by atoms with Crippen LogP contribution in [0.4, 0.5) is 5.69 Å². The summed E-state index contributed by atoms with van der Waals surface area (Å²) in [6.45, 7) is 4.10. The number of aliphatic hydroxyl groups is 1. The first-order valence-electron chi connectivity index (χ1n) is 5.88. The predicted molar refractivity (Wildman–Crippen MR) is 69.7 cm³/mol. The van der Waals surface area contributed by atoms with Crippen LogP contribution in [0.1, 0.15) is 17.5 Å². The molecule has 0 radical (unpaired) electrons. The summed E-state index contributed by atoms with van der Waals surface area (Å²) < 4.78 is 26.3. The van der Waals surface area contributed by atoms with Crippen molar-refractivity contribution in [3.05, 3.63) is 23.3 Å². The van der Waals surface area contributed by atoms with Gasteiger partial charge >= 0.3 is 0 Å². The van der Waals surface area contributed by atoms with E-state index in [0.29, 0.717) is 18.5 Å². The molecule has 5 nitrogen and oxygen atoms in total. The zero-order valence-corrected chi connectivity index (χ0v) is 11.4. The van der Waals surface area contributed by atoms with Gasteiger partial charge in [0.2, 0.25) is 10.0 Å². The van der Waals surface area contributed by atoms with Gasteiger partial charge in [-0.25, -0.2) is 8.42 Å². The number of aryl methyl sites for hydroxylation is 1. The monoisotopic (exact) mass is 270 g/mol.